The third-order valence-corrected chi connectivity index (χ3v) is 3.14. The van der Waals surface area contributed by atoms with E-state index in [9.17, 15) is 19.2 Å². The minimum Gasteiger partial charge on any atom is -0.481 e. The van der Waals surface area contributed by atoms with Crippen LogP contribution < -0.4 is 10.9 Å². The van der Waals surface area contributed by atoms with E-state index in [-0.39, 0.29) is 12.0 Å². The molecule has 0 aliphatic rings. The first-order valence-electron chi connectivity index (χ1n) is 6.67. The fourth-order valence-corrected chi connectivity index (χ4v) is 1.98. The molecule has 8 nitrogen and oxygen atoms in total. The molecule has 1 heterocycles. The minimum atomic E-state index is -1.41. The van der Waals surface area contributed by atoms with Crippen molar-refractivity contribution in [2.45, 2.75) is 18.9 Å². The molecule has 120 valence electrons. The van der Waals surface area contributed by atoms with E-state index in [1.165, 1.54) is 6.07 Å². The van der Waals surface area contributed by atoms with Crippen molar-refractivity contribution in [1.29, 1.82) is 0 Å². The van der Waals surface area contributed by atoms with Gasteiger partial charge in [-0.3, -0.25) is 9.59 Å². The van der Waals surface area contributed by atoms with Crippen molar-refractivity contribution in [3.63, 3.8) is 0 Å². The first-order valence-corrected chi connectivity index (χ1v) is 6.67. The number of carboxylic acids is 2. The molecular formula is C15H13NO7. The van der Waals surface area contributed by atoms with Gasteiger partial charge in [0.05, 0.1) is 0 Å². The Morgan fingerprint density at radius 3 is 2.52 bits per heavy atom. The number of fused-ring (bicyclic) bond motifs is 1. The normalized spacial score (nSPS) is 11.8. The van der Waals surface area contributed by atoms with Crippen LogP contribution >= 0.6 is 0 Å². The predicted molar refractivity (Wildman–Crippen MR) is 78.2 cm³/mol. The van der Waals surface area contributed by atoms with Crippen molar-refractivity contribution in [2.75, 3.05) is 0 Å². The first-order chi connectivity index (χ1) is 10.9. The van der Waals surface area contributed by atoms with Crippen LogP contribution in [0.2, 0.25) is 0 Å². The van der Waals surface area contributed by atoms with Crippen LogP contribution in [0.1, 0.15) is 23.2 Å². The summed E-state index contributed by atoms with van der Waals surface area (Å²) in [5.41, 5.74) is -0.941. The summed E-state index contributed by atoms with van der Waals surface area (Å²) in [6, 6.07) is 6.44. The lowest BCUT2D eigenvalue weighted by molar-refractivity contribution is -0.140. The summed E-state index contributed by atoms with van der Waals surface area (Å²) >= 11 is 0. The SMILES string of the molecule is O=C(O)CCC(NC(=O)c1cc2ccccc2oc1=O)C(=O)O. The van der Waals surface area contributed by atoms with Crippen LogP contribution in [0.5, 0.6) is 0 Å². The Kier molecular flexibility index (Phi) is 4.75. The van der Waals surface area contributed by atoms with Gasteiger partial charge in [0, 0.05) is 11.8 Å². The highest BCUT2D eigenvalue weighted by Crippen LogP contribution is 2.12. The summed E-state index contributed by atoms with van der Waals surface area (Å²) in [5.74, 6) is -3.50. The van der Waals surface area contributed by atoms with Crippen LogP contribution in [0.4, 0.5) is 0 Å². The molecule has 8 heteroatoms. The van der Waals surface area contributed by atoms with E-state index in [4.69, 9.17) is 14.6 Å². The highest BCUT2D eigenvalue weighted by Gasteiger charge is 2.23. The number of amides is 1. The van der Waals surface area contributed by atoms with Crippen molar-refractivity contribution >= 4 is 28.8 Å². The van der Waals surface area contributed by atoms with Crippen LogP contribution in [-0.4, -0.2) is 34.1 Å². The topological polar surface area (TPSA) is 134 Å². The second kappa shape index (κ2) is 6.73. The molecule has 0 saturated heterocycles. The maximum absolute atomic E-state index is 12.1. The molecule has 23 heavy (non-hydrogen) atoms. The van der Waals surface area contributed by atoms with Crippen LogP contribution in [0.25, 0.3) is 11.0 Å². The zero-order chi connectivity index (χ0) is 17.0. The van der Waals surface area contributed by atoms with Gasteiger partial charge in [-0.1, -0.05) is 18.2 Å². The molecule has 2 aromatic rings. The smallest absolute Gasteiger partial charge is 0.349 e. The lowest BCUT2D eigenvalue weighted by Crippen LogP contribution is -2.42. The third kappa shape index (κ3) is 3.94. The summed E-state index contributed by atoms with van der Waals surface area (Å²) < 4.78 is 5.00. The lowest BCUT2D eigenvalue weighted by Gasteiger charge is -2.13. The number of carboxylic acid groups (broad SMARTS) is 2. The average Bonchev–Trinajstić information content (AvgIpc) is 2.49. The monoisotopic (exact) mass is 319 g/mol. The van der Waals surface area contributed by atoms with Gasteiger partial charge in [0.15, 0.2) is 0 Å². The molecule has 0 radical (unpaired) electrons. The van der Waals surface area contributed by atoms with Gasteiger partial charge in [-0.15, -0.1) is 0 Å². The standard InChI is InChI=1S/C15H13NO7/c17-12(18)6-5-10(14(20)21)16-13(19)9-7-8-3-1-2-4-11(8)23-15(9)22/h1-4,7,10H,5-6H2,(H,16,19)(H,17,18)(H,20,21). The Morgan fingerprint density at radius 2 is 1.87 bits per heavy atom. The molecule has 2 rings (SSSR count). The Morgan fingerprint density at radius 1 is 1.17 bits per heavy atom. The number of aliphatic carboxylic acids is 2. The van der Waals surface area contributed by atoms with E-state index in [1.807, 2.05) is 0 Å². The lowest BCUT2D eigenvalue weighted by atomic mass is 10.1. The first kappa shape index (κ1) is 16.2. The maximum Gasteiger partial charge on any atom is 0.349 e. The number of para-hydroxylation sites is 1. The van der Waals surface area contributed by atoms with Gasteiger partial charge in [-0.25, -0.2) is 9.59 Å². The molecule has 0 spiro atoms. The molecule has 1 atom stereocenters. The summed E-state index contributed by atoms with van der Waals surface area (Å²) in [7, 11) is 0. The van der Waals surface area contributed by atoms with E-state index in [0.717, 1.165) is 0 Å². The van der Waals surface area contributed by atoms with E-state index < -0.39 is 35.9 Å². The highest BCUT2D eigenvalue weighted by molar-refractivity contribution is 5.98. The quantitative estimate of drug-likeness (QED) is 0.672. The number of carbonyl (C=O) groups is 3. The molecule has 1 aromatic heterocycles. The Balaban J connectivity index is 2.25. The van der Waals surface area contributed by atoms with Gasteiger partial charge in [-0.05, 0) is 18.6 Å². The molecule has 1 aromatic carbocycles. The fraction of sp³-hybridized carbons (Fsp3) is 0.200. The van der Waals surface area contributed by atoms with Gasteiger partial charge >= 0.3 is 17.6 Å². The molecule has 0 fully saturated rings. The molecule has 0 aliphatic carbocycles. The van der Waals surface area contributed by atoms with Gasteiger partial charge in [0.25, 0.3) is 5.91 Å². The number of nitrogens with one attached hydrogen (secondary N) is 1. The van der Waals surface area contributed by atoms with Crippen molar-refractivity contribution in [2.24, 2.45) is 0 Å². The summed E-state index contributed by atoms with van der Waals surface area (Å²) in [4.78, 5) is 45.5. The van der Waals surface area contributed by atoms with E-state index >= 15 is 0 Å². The van der Waals surface area contributed by atoms with Crippen LogP contribution in [0.3, 0.4) is 0 Å². The zero-order valence-corrected chi connectivity index (χ0v) is 11.8. The van der Waals surface area contributed by atoms with Crippen LogP contribution in [0.15, 0.2) is 39.5 Å². The number of hydrogen-bond acceptors (Lipinski definition) is 5. The van der Waals surface area contributed by atoms with Crippen molar-refractivity contribution in [3.8, 4) is 0 Å². The fourth-order valence-electron chi connectivity index (χ4n) is 1.98. The molecule has 0 saturated carbocycles. The van der Waals surface area contributed by atoms with Gasteiger partial charge in [-0.2, -0.15) is 0 Å². The molecule has 1 amide bonds. The highest BCUT2D eigenvalue weighted by atomic mass is 16.4. The molecular weight excluding hydrogens is 306 g/mol. The number of hydrogen-bond donors (Lipinski definition) is 3. The summed E-state index contributed by atoms with van der Waals surface area (Å²) in [6.07, 6.45) is -0.723. The van der Waals surface area contributed by atoms with Gasteiger partial charge in [0.1, 0.15) is 17.2 Å². The third-order valence-electron chi connectivity index (χ3n) is 3.14. The second-order valence-corrected chi connectivity index (χ2v) is 4.78. The van der Waals surface area contributed by atoms with Crippen molar-refractivity contribution in [3.05, 3.63) is 46.3 Å². The van der Waals surface area contributed by atoms with Gasteiger partial charge in [0.2, 0.25) is 0 Å². The molecule has 0 aliphatic heterocycles. The van der Waals surface area contributed by atoms with Gasteiger partial charge < -0.3 is 19.9 Å². The molecule has 0 bridgehead atoms. The van der Waals surface area contributed by atoms with E-state index in [1.54, 1.807) is 24.3 Å². The largest absolute Gasteiger partial charge is 0.481 e. The second-order valence-electron chi connectivity index (χ2n) is 4.78. The van der Waals surface area contributed by atoms with E-state index in [0.29, 0.717) is 11.0 Å². The molecule has 1 unspecified atom stereocenters. The molecule has 3 N–H and O–H groups in total. The average molecular weight is 319 g/mol. The Hall–Kier alpha value is -3.16. The maximum atomic E-state index is 12.1. The van der Waals surface area contributed by atoms with Crippen LogP contribution in [-0.2, 0) is 9.59 Å². The summed E-state index contributed by atoms with van der Waals surface area (Å²) in [5, 5.41) is 20.2. The minimum absolute atomic E-state index is 0.296. The number of carbonyl (C=O) groups excluding carboxylic acids is 1. The van der Waals surface area contributed by atoms with Crippen molar-refractivity contribution in [1.82, 2.24) is 5.32 Å². The predicted octanol–water partition coefficient (Wildman–Crippen LogP) is 0.841. The van der Waals surface area contributed by atoms with Crippen LogP contribution in [0, 0.1) is 0 Å². The Bertz CT molecular complexity index is 824. The number of rotatable bonds is 6. The Labute approximate surface area is 129 Å². The van der Waals surface area contributed by atoms with E-state index in [2.05, 4.69) is 5.32 Å². The number of benzene rings is 1. The van der Waals surface area contributed by atoms with Crippen molar-refractivity contribution < 1.29 is 29.0 Å². The zero-order valence-electron chi connectivity index (χ0n) is 11.8. The summed E-state index contributed by atoms with van der Waals surface area (Å²) in [6.45, 7) is 0.